The number of cyclic esters (lactones) is 1. The first-order valence-corrected chi connectivity index (χ1v) is 7.55. The zero-order chi connectivity index (χ0) is 16.8. The van der Waals surface area contributed by atoms with Crippen molar-refractivity contribution in [1.29, 1.82) is 0 Å². The number of hydrogen-bond acceptors (Lipinski definition) is 5. The van der Waals surface area contributed by atoms with Gasteiger partial charge in [0.15, 0.2) is 0 Å². The number of rotatable bonds is 2. The van der Waals surface area contributed by atoms with Gasteiger partial charge in [-0.15, -0.1) is 0 Å². The third-order valence-corrected chi connectivity index (χ3v) is 3.89. The van der Waals surface area contributed by atoms with Crippen molar-refractivity contribution >= 4 is 38.6 Å². The molecule has 0 bridgehead atoms. The minimum absolute atomic E-state index is 0.0420. The summed E-state index contributed by atoms with van der Waals surface area (Å²) in [4.78, 5) is 18.8. The van der Waals surface area contributed by atoms with Crippen molar-refractivity contribution in [3.63, 3.8) is 0 Å². The summed E-state index contributed by atoms with van der Waals surface area (Å²) in [6.07, 6.45) is -4.61. The van der Waals surface area contributed by atoms with Gasteiger partial charge in [-0.25, -0.2) is 14.8 Å². The fourth-order valence-electron chi connectivity index (χ4n) is 2.38. The van der Waals surface area contributed by atoms with Gasteiger partial charge in [0.1, 0.15) is 18.0 Å². The summed E-state index contributed by atoms with van der Waals surface area (Å²) in [6.45, 7) is 1.72. The maximum absolute atomic E-state index is 13.0. The summed E-state index contributed by atoms with van der Waals surface area (Å²) in [5.74, 6) is -1.80. The first kappa shape index (κ1) is 16.0. The number of hydrogen-bond donors (Lipinski definition) is 1. The highest BCUT2D eigenvalue weighted by Crippen LogP contribution is 2.32. The number of ether oxygens (including phenoxy) is 1. The van der Waals surface area contributed by atoms with Gasteiger partial charge in [0, 0.05) is 16.3 Å². The van der Waals surface area contributed by atoms with Crippen LogP contribution >= 0.6 is 15.9 Å². The van der Waals surface area contributed by atoms with E-state index in [9.17, 15) is 18.0 Å². The fraction of sp³-hybridized carbons (Fsp3) is 0.357. The lowest BCUT2D eigenvalue weighted by molar-refractivity contribution is -0.144. The molecule has 1 aromatic heterocycles. The molecule has 0 saturated carbocycles. The van der Waals surface area contributed by atoms with Gasteiger partial charge in [0.25, 0.3) is 0 Å². The highest BCUT2D eigenvalue weighted by molar-refractivity contribution is 9.10. The highest BCUT2D eigenvalue weighted by Gasteiger charge is 2.37. The zero-order valence-electron chi connectivity index (χ0n) is 11.8. The lowest BCUT2D eigenvalue weighted by Crippen LogP contribution is -2.26. The van der Waals surface area contributed by atoms with E-state index in [1.807, 2.05) is 0 Å². The van der Waals surface area contributed by atoms with Crippen molar-refractivity contribution < 1.29 is 22.7 Å². The molecule has 3 rings (SSSR count). The molecular formula is C14H11BrF3N3O2. The standard InChI is InChI=1S/C14H11BrF3N3O2/c1-6-4-10(12(22)23-6)19-11-8-5-7(15)2-3-9(8)20-13(21-11)14(16,17)18/h2-3,5-6,10H,4H2,1H3,(H,19,20,21)/t6-,10+/m1/s1. The molecule has 5 nitrogen and oxygen atoms in total. The third-order valence-electron chi connectivity index (χ3n) is 3.39. The predicted molar refractivity (Wildman–Crippen MR) is 79.8 cm³/mol. The van der Waals surface area contributed by atoms with E-state index in [1.54, 1.807) is 19.1 Å². The number of esters is 1. The van der Waals surface area contributed by atoms with Crippen LogP contribution in [-0.2, 0) is 15.7 Å². The van der Waals surface area contributed by atoms with E-state index in [4.69, 9.17) is 4.74 Å². The number of nitrogens with one attached hydrogen (secondary N) is 1. The van der Waals surface area contributed by atoms with Crippen molar-refractivity contribution in [2.24, 2.45) is 0 Å². The van der Waals surface area contributed by atoms with Gasteiger partial charge in [-0.1, -0.05) is 15.9 Å². The molecule has 1 N–H and O–H groups in total. The van der Waals surface area contributed by atoms with E-state index in [1.165, 1.54) is 6.07 Å². The van der Waals surface area contributed by atoms with Crippen LogP contribution in [0.2, 0.25) is 0 Å². The molecule has 23 heavy (non-hydrogen) atoms. The Morgan fingerprint density at radius 1 is 1.35 bits per heavy atom. The molecule has 2 aromatic rings. The van der Waals surface area contributed by atoms with E-state index in [0.29, 0.717) is 16.3 Å². The monoisotopic (exact) mass is 389 g/mol. The van der Waals surface area contributed by atoms with Crippen molar-refractivity contribution in [1.82, 2.24) is 9.97 Å². The Hall–Kier alpha value is -1.90. The average molecular weight is 390 g/mol. The van der Waals surface area contributed by atoms with Crippen molar-refractivity contribution in [3.8, 4) is 0 Å². The molecule has 1 saturated heterocycles. The molecule has 0 aliphatic carbocycles. The number of anilines is 1. The number of halogens is 4. The molecule has 1 aliphatic heterocycles. The molecule has 2 heterocycles. The lowest BCUT2D eigenvalue weighted by atomic mass is 10.1. The Morgan fingerprint density at radius 2 is 2.09 bits per heavy atom. The summed E-state index contributed by atoms with van der Waals surface area (Å²) in [5.41, 5.74) is 0.137. The van der Waals surface area contributed by atoms with Crippen LogP contribution in [0.15, 0.2) is 22.7 Å². The molecule has 122 valence electrons. The summed E-state index contributed by atoms with van der Waals surface area (Å²) >= 11 is 3.26. The fourth-order valence-corrected chi connectivity index (χ4v) is 2.74. The molecule has 2 atom stereocenters. The Kier molecular flexibility index (Phi) is 3.91. The Morgan fingerprint density at radius 3 is 2.70 bits per heavy atom. The molecule has 9 heteroatoms. The second kappa shape index (κ2) is 5.63. The van der Waals surface area contributed by atoms with Crippen LogP contribution < -0.4 is 5.32 Å². The third kappa shape index (κ3) is 3.24. The number of benzene rings is 1. The van der Waals surface area contributed by atoms with Crippen LogP contribution in [0.3, 0.4) is 0 Å². The van der Waals surface area contributed by atoms with Gasteiger partial charge in [0.2, 0.25) is 5.82 Å². The van der Waals surface area contributed by atoms with Crippen LogP contribution in [0.1, 0.15) is 19.2 Å². The Bertz CT molecular complexity index is 782. The second-order valence-electron chi connectivity index (χ2n) is 5.24. The average Bonchev–Trinajstić information content (AvgIpc) is 2.76. The van der Waals surface area contributed by atoms with Gasteiger partial charge < -0.3 is 10.1 Å². The quantitative estimate of drug-likeness (QED) is 0.796. The number of carbonyl (C=O) groups excluding carboxylic acids is 1. The Labute approximate surface area is 137 Å². The SMILES string of the molecule is C[C@@H]1C[C@H](Nc2nc(C(F)(F)F)nc3ccc(Br)cc23)C(=O)O1. The number of fused-ring (bicyclic) bond motifs is 1. The molecule has 0 radical (unpaired) electrons. The number of nitrogens with zero attached hydrogens (tertiary/aromatic N) is 2. The van der Waals surface area contributed by atoms with Gasteiger partial charge in [-0.2, -0.15) is 13.2 Å². The van der Waals surface area contributed by atoms with Crippen LogP contribution in [0, 0.1) is 0 Å². The van der Waals surface area contributed by atoms with Crippen molar-refractivity contribution in [2.45, 2.75) is 31.7 Å². The maximum Gasteiger partial charge on any atom is 0.451 e. The number of alkyl halides is 3. The summed E-state index contributed by atoms with van der Waals surface area (Å²) in [5, 5.41) is 3.15. The van der Waals surface area contributed by atoms with E-state index < -0.39 is 24.0 Å². The first-order chi connectivity index (χ1) is 10.7. The topological polar surface area (TPSA) is 64.1 Å². The van der Waals surface area contributed by atoms with E-state index in [-0.39, 0.29) is 17.4 Å². The van der Waals surface area contributed by atoms with E-state index >= 15 is 0 Å². The first-order valence-electron chi connectivity index (χ1n) is 6.75. The highest BCUT2D eigenvalue weighted by atomic mass is 79.9. The lowest BCUT2D eigenvalue weighted by Gasteiger charge is -2.14. The van der Waals surface area contributed by atoms with E-state index in [2.05, 4.69) is 31.2 Å². The second-order valence-corrected chi connectivity index (χ2v) is 6.15. The van der Waals surface area contributed by atoms with Crippen LogP contribution in [-0.4, -0.2) is 28.1 Å². The molecule has 1 fully saturated rings. The minimum atomic E-state index is -4.68. The van der Waals surface area contributed by atoms with Gasteiger partial charge in [0.05, 0.1) is 5.52 Å². The number of aromatic nitrogens is 2. The van der Waals surface area contributed by atoms with Gasteiger partial charge in [-0.3, -0.25) is 0 Å². The maximum atomic E-state index is 13.0. The van der Waals surface area contributed by atoms with Crippen LogP contribution in [0.4, 0.5) is 19.0 Å². The minimum Gasteiger partial charge on any atom is -0.461 e. The largest absolute Gasteiger partial charge is 0.461 e. The summed E-state index contributed by atoms with van der Waals surface area (Å²) in [6, 6.07) is 3.91. The van der Waals surface area contributed by atoms with Gasteiger partial charge >= 0.3 is 12.1 Å². The molecule has 0 amide bonds. The smallest absolute Gasteiger partial charge is 0.451 e. The predicted octanol–water partition coefficient (Wildman–Crippen LogP) is 3.53. The molecular weight excluding hydrogens is 379 g/mol. The van der Waals surface area contributed by atoms with Crippen LogP contribution in [0.25, 0.3) is 10.9 Å². The summed E-state index contributed by atoms with van der Waals surface area (Å²) in [7, 11) is 0. The zero-order valence-corrected chi connectivity index (χ0v) is 13.4. The normalized spacial score (nSPS) is 21.5. The Balaban J connectivity index is 2.09. The van der Waals surface area contributed by atoms with Gasteiger partial charge in [-0.05, 0) is 25.1 Å². The molecule has 0 spiro atoms. The molecule has 1 aromatic carbocycles. The number of carbonyl (C=O) groups is 1. The van der Waals surface area contributed by atoms with E-state index in [0.717, 1.165) is 0 Å². The molecule has 1 aliphatic rings. The molecule has 0 unspecified atom stereocenters. The summed E-state index contributed by atoms with van der Waals surface area (Å²) < 4.78 is 44.6. The van der Waals surface area contributed by atoms with Crippen molar-refractivity contribution in [2.75, 3.05) is 5.32 Å². The van der Waals surface area contributed by atoms with Crippen LogP contribution in [0.5, 0.6) is 0 Å². The van der Waals surface area contributed by atoms with Crippen molar-refractivity contribution in [3.05, 3.63) is 28.5 Å².